The summed E-state index contributed by atoms with van der Waals surface area (Å²) in [5, 5.41) is 0. The van der Waals surface area contributed by atoms with E-state index in [-0.39, 0.29) is 5.78 Å². The Morgan fingerprint density at radius 2 is 1.93 bits per heavy atom. The third-order valence-corrected chi connectivity index (χ3v) is 1.77. The molecule has 0 aliphatic heterocycles. The van der Waals surface area contributed by atoms with Crippen LogP contribution in [0.2, 0.25) is 0 Å². The molecule has 0 saturated heterocycles. The summed E-state index contributed by atoms with van der Waals surface area (Å²) in [6.07, 6.45) is -2.43. The number of ether oxygens (including phenoxy) is 1. The minimum Gasteiger partial charge on any atom is -0.364 e. The van der Waals surface area contributed by atoms with Crippen LogP contribution in [0, 0.1) is 5.92 Å². The summed E-state index contributed by atoms with van der Waals surface area (Å²) in [4.78, 5) is 11.0. The quantitative estimate of drug-likeness (QED) is 0.667. The Balaban J connectivity index is 3.42. The van der Waals surface area contributed by atoms with E-state index >= 15 is 0 Å². The van der Waals surface area contributed by atoms with Gasteiger partial charge in [0.25, 0.3) is 0 Å². The van der Waals surface area contributed by atoms with Gasteiger partial charge in [-0.3, -0.25) is 4.79 Å². The average molecular weight is 226 g/mol. The summed E-state index contributed by atoms with van der Waals surface area (Å²) in [5.74, 6) is 0.244. The topological polar surface area (TPSA) is 26.3 Å². The third-order valence-electron chi connectivity index (χ3n) is 1.77. The smallest absolute Gasteiger partial charge is 0.364 e. The molecule has 0 atom stereocenters. The second-order valence-corrected chi connectivity index (χ2v) is 3.93. The zero-order chi connectivity index (χ0) is 11.9. The molecular formula is C10H17F3O2. The molecule has 0 aliphatic rings. The zero-order valence-corrected chi connectivity index (χ0v) is 9.06. The second kappa shape index (κ2) is 6.82. The summed E-state index contributed by atoms with van der Waals surface area (Å²) >= 11 is 0. The molecule has 0 aromatic heterocycles. The van der Waals surface area contributed by atoms with Gasteiger partial charge in [-0.15, -0.1) is 0 Å². The molecule has 0 spiro atoms. The molecular weight excluding hydrogens is 209 g/mol. The molecule has 0 N–H and O–H groups in total. The van der Waals surface area contributed by atoms with E-state index < -0.39 is 19.4 Å². The number of alkyl halides is 3. The van der Waals surface area contributed by atoms with E-state index in [9.17, 15) is 18.0 Å². The van der Waals surface area contributed by atoms with Gasteiger partial charge in [0.15, 0.2) is 5.78 Å². The molecule has 0 bridgehead atoms. The Morgan fingerprint density at radius 1 is 1.33 bits per heavy atom. The average Bonchev–Trinajstić information content (AvgIpc) is 2.00. The number of carbonyl (C=O) groups is 1. The molecule has 0 radical (unpaired) electrons. The van der Waals surface area contributed by atoms with Gasteiger partial charge in [-0.05, 0) is 12.3 Å². The summed E-state index contributed by atoms with van der Waals surface area (Å²) in [7, 11) is 0. The first-order valence-electron chi connectivity index (χ1n) is 4.97. The van der Waals surface area contributed by atoms with Crippen molar-refractivity contribution in [2.24, 2.45) is 5.92 Å². The van der Waals surface area contributed by atoms with Gasteiger partial charge in [-0.25, -0.2) is 0 Å². The van der Waals surface area contributed by atoms with E-state index in [0.29, 0.717) is 18.8 Å². The van der Waals surface area contributed by atoms with Gasteiger partial charge in [0.1, 0.15) is 13.2 Å². The molecule has 0 unspecified atom stereocenters. The summed E-state index contributed by atoms with van der Waals surface area (Å²) in [6, 6.07) is 0. The fourth-order valence-corrected chi connectivity index (χ4v) is 1.06. The highest BCUT2D eigenvalue weighted by atomic mass is 19.4. The Labute approximate surface area is 87.8 Å². The number of hydrogen-bond donors (Lipinski definition) is 0. The second-order valence-electron chi connectivity index (χ2n) is 3.93. The number of ketones is 1. The summed E-state index contributed by atoms with van der Waals surface area (Å²) < 4.78 is 39.1. The van der Waals surface area contributed by atoms with Gasteiger partial charge in [0, 0.05) is 6.42 Å². The SMILES string of the molecule is CC(C)CCCC(=O)COCC(F)(F)F. The predicted octanol–water partition coefficient (Wildman–Crippen LogP) is 2.96. The molecule has 15 heavy (non-hydrogen) atoms. The van der Waals surface area contributed by atoms with Gasteiger partial charge in [0.2, 0.25) is 0 Å². The van der Waals surface area contributed by atoms with Crippen LogP contribution in [0.1, 0.15) is 33.1 Å². The van der Waals surface area contributed by atoms with Gasteiger partial charge in [-0.1, -0.05) is 20.3 Å². The van der Waals surface area contributed by atoms with Crippen molar-refractivity contribution in [1.82, 2.24) is 0 Å². The molecule has 0 aromatic carbocycles. The van der Waals surface area contributed by atoms with Crippen molar-refractivity contribution in [1.29, 1.82) is 0 Å². The molecule has 0 amide bonds. The Morgan fingerprint density at radius 3 is 2.40 bits per heavy atom. The number of halogens is 3. The Hall–Kier alpha value is -0.580. The minimum absolute atomic E-state index is 0.264. The molecule has 0 fully saturated rings. The monoisotopic (exact) mass is 226 g/mol. The van der Waals surface area contributed by atoms with Crippen molar-refractivity contribution in [2.75, 3.05) is 13.2 Å². The maximum Gasteiger partial charge on any atom is 0.411 e. The summed E-state index contributed by atoms with van der Waals surface area (Å²) in [6.45, 7) is 2.29. The molecule has 90 valence electrons. The highest BCUT2D eigenvalue weighted by molar-refractivity contribution is 5.79. The summed E-state index contributed by atoms with van der Waals surface area (Å²) in [5.41, 5.74) is 0. The number of carbonyl (C=O) groups excluding carboxylic acids is 1. The fraction of sp³-hybridized carbons (Fsp3) is 0.900. The van der Waals surface area contributed by atoms with Crippen LogP contribution in [-0.2, 0) is 9.53 Å². The van der Waals surface area contributed by atoms with Crippen molar-refractivity contribution >= 4 is 5.78 Å². The fourth-order valence-electron chi connectivity index (χ4n) is 1.06. The van der Waals surface area contributed by atoms with Crippen molar-refractivity contribution in [3.05, 3.63) is 0 Å². The first kappa shape index (κ1) is 14.4. The molecule has 0 heterocycles. The van der Waals surface area contributed by atoms with Crippen LogP contribution < -0.4 is 0 Å². The van der Waals surface area contributed by atoms with Crippen LogP contribution in [0.4, 0.5) is 13.2 Å². The normalized spacial score (nSPS) is 12.1. The van der Waals surface area contributed by atoms with E-state index in [1.807, 2.05) is 13.8 Å². The number of Topliss-reactive ketones (excluding diaryl/α,β-unsaturated/α-hetero) is 1. The van der Waals surface area contributed by atoms with E-state index in [4.69, 9.17) is 0 Å². The first-order valence-corrected chi connectivity index (χ1v) is 4.97. The zero-order valence-electron chi connectivity index (χ0n) is 9.06. The van der Waals surface area contributed by atoms with Crippen LogP contribution in [0.15, 0.2) is 0 Å². The Bertz CT molecular complexity index is 188. The first-order chi connectivity index (χ1) is 6.81. The molecule has 2 nitrogen and oxygen atoms in total. The van der Waals surface area contributed by atoms with Crippen LogP contribution in [-0.4, -0.2) is 25.2 Å². The largest absolute Gasteiger partial charge is 0.411 e. The van der Waals surface area contributed by atoms with Crippen molar-refractivity contribution in [3.63, 3.8) is 0 Å². The number of hydrogen-bond acceptors (Lipinski definition) is 2. The van der Waals surface area contributed by atoms with Gasteiger partial charge in [-0.2, -0.15) is 13.2 Å². The lowest BCUT2D eigenvalue weighted by molar-refractivity contribution is -0.175. The van der Waals surface area contributed by atoms with E-state index in [0.717, 1.165) is 6.42 Å². The van der Waals surface area contributed by atoms with Crippen molar-refractivity contribution < 1.29 is 22.7 Å². The van der Waals surface area contributed by atoms with Gasteiger partial charge in [0.05, 0.1) is 0 Å². The highest BCUT2D eigenvalue weighted by Crippen LogP contribution is 2.14. The lowest BCUT2D eigenvalue weighted by atomic mass is 10.1. The minimum atomic E-state index is -4.35. The molecule has 0 aromatic rings. The van der Waals surface area contributed by atoms with E-state index in [1.54, 1.807) is 0 Å². The molecule has 0 saturated carbocycles. The van der Waals surface area contributed by atoms with Crippen LogP contribution in [0.25, 0.3) is 0 Å². The maximum atomic E-state index is 11.6. The Kier molecular flexibility index (Phi) is 6.56. The predicted molar refractivity (Wildman–Crippen MR) is 50.6 cm³/mol. The third kappa shape index (κ3) is 11.3. The van der Waals surface area contributed by atoms with E-state index in [2.05, 4.69) is 4.74 Å². The van der Waals surface area contributed by atoms with Gasteiger partial charge < -0.3 is 4.74 Å². The number of rotatable bonds is 7. The van der Waals surface area contributed by atoms with E-state index in [1.165, 1.54) is 0 Å². The lowest BCUT2D eigenvalue weighted by Crippen LogP contribution is -2.20. The van der Waals surface area contributed by atoms with Gasteiger partial charge >= 0.3 is 6.18 Å². The molecule has 0 rings (SSSR count). The van der Waals surface area contributed by atoms with Crippen LogP contribution in [0.3, 0.4) is 0 Å². The highest BCUT2D eigenvalue weighted by Gasteiger charge is 2.27. The molecule has 5 heteroatoms. The lowest BCUT2D eigenvalue weighted by Gasteiger charge is -2.07. The van der Waals surface area contributed by atoms with Crippen LogP contribution in [0.5, 0.6) is 0 Å². The molecule has 0 aliphatic carbocycles. The maximum absolute atomic E-state index is 11.6. The van der Waals surface area contributed by atoms with Crippen LogP contribution >= 0.6 is 0 Å². The van der Waals surface area contributed by atoms with Crippen molar-refractivity contribution in [2.45, 2.75) is 39.3 Å². The van der Waals surface area contributed by atoms with Crippen molar-refractivity contribution in [3.8, 4) is 0 Å². The standard InChI is InChI=1S/C10H17F3O2/c1-8(2)4-3-5-9(14)6-15-7-10(11,12)13/h8H,3-7H2,1-2H3.